The van der Waals surface area contributed by atoms with Gasteiger partial charge < -0.3 is 0 Å². The van der Waals surface area contributed by atoms with Crippen LogP contribution >= 0.6 is 0 Å². The highest BCUT2D eigenvalue weighted by Crippen LogP contribution is 2.42. The summed E-state index contributed by atoms with van der Waals surface area (Å²) >= 11 is 0. The minimum Gasteiger partial charge on any atom is -0.271 e. The Morgan fingerprint density at radius 2 is 2.10 bits per heavy atom. The second-order valence-electron chi connectivity index (χ2n) is 6.74. The third-order valence-corrected chi connectivity index (χ3v) is 5.71. The van der Waals surface area contributed by atoms with Crippen molar-refractivity contribution in [2.75, 3.05) is 0 Å². The molecular formula is C18H28N2. The monoisotopic (exact) mass is 272 g/mol. The molecule has 2 heteroatoms. The maximum absolute atomic E-state index is 5.98. The molecule has 0 amide bonds. The molecule has 0 bridgehead atoms. The first kappa shape index (κ1) is 14.1. The molecule has 1 saturated carbocycles. The van der Waals surface area contributed by atoms with Gasteiger partial charge in [-0.15, -0.1) is 0 Å². The zero-order chi connectivity index (χ0) is 13.9. The second-order valence-corrected chi connectivity index (χ2v) is 6.74. The highest BCUT2D eigenvalue weighted by atomic mass is 15.2. The minimum atomic E-state index is 0.466. The van der Waals surface area contributed by atoms with Crippen LogP contribution in [0, 0.1) is 11.8 Å². The van der Waals surface area contributed by atoms with Crippen LogP contribution in [0.1, 0.15) is 62.5 Å². The highest BCUT2D eigenvalue weighted by molar-refractivity contribution is 5.36. The molecule has 1 aromatic carbocycles. The number of rotatable bonds is 4. The van der Waals surface area contributed by atoms with Crippen LogP contribution in [-0.2, 0) is 6.42 Å². The van der Waals surface area contributed by atoms with Gasteiger partial charge in [-0.3, -0.25) is 11.3 Å². The predicted octanol–water partition coefficient (Wildman–Crippen LogP) is 3.76. The molecule has 2 aliphatic rings. The van der Waals surface area contributed by atoms with Gasteiger partial charge in [-0.25, -0.2) is 0 Å². The van der Waals surface area contributed by atoms with Gasteiger partial charge in [0.25, 0.3) is 0 Å². The Kier molecular flexibility index (Phi) is 4.42. The van der Waals surface area contributed by atoms with Crippen LogP contribution in [0.2, 0.25) is 0 Å². The van der Waals surface area contributed by atoms with Gasteiger partial charge in [0.1, 0.15) is 0 Å². The smallest absolute Gasteiger partial charge is 0.0307 e. The zero-order valence-corrected chi connectivity index (χ0v) is 12.6. The third-order valence-electron chi connectivity index (χ3n) is 5.71. The van der Waals surface area contributed by atoms with Crippen molar-refractivity contribution >= 4 is 0 Å². The van der Waals surface area contributed by atoms with Gasteiger partial charge >= 0.3 is 0 Å². The fraction of sp³-hybridized carbons (Fsp3) is 0.667. The van der Waals surface area contributed by atoms with Crippen LogP contribution in [0.4, 0.5) is 0 Å². The molecule has 4 unspecified atom stereocenters. The van der Waals surface area contributed by atoms with Crippen molar-refractivity contribution in [3.63, 3.8) is 0 Å². The highest BCUT2D eigenvalue weighted by Gasteiger charge is 2.36. The van der Waals surface area contributed by atoms with E-state index in [-0.39, 0.29) is 0 Å². The molecule has 110 valence electrons. The van der Waals surface area contributed by atoms with E-state index in [9.17, 15) is 0 Å². The molecule has 3 rings (SSSR count). The number of fused-ring (bicyclic) bond motifs is 1. The summed E-state index contributed by atoms with van der Waals surface area (Å²) in [6, 6.07) is 9.42. The first-order chi connectivity index (χ1) is 9.83. The lowest BCUT2D eigenvalue weighted by atomic mass is 9.73. The Morgan fingerprint density at radius 3 is 2.90 bits per heavy atom. The molecule has 4 atom stereocenters. The molecule has 2 aliphatic carbocycles. The molecule has 1 fully saturated rings. The topological polar surface area (TPSA) is 38.0 Å². The Labute approximate surface area is 123 Å². The van der Waals surface area contributed by atoms with E-state index < -0.39 is 0 Å². The number of nitrogens with one attached hydrogen (secondary N) is 1. The summed E-state index contributed by atoms with van der Waals surface area (Å²) in [5, 5.41) is 0. The van der Waals surface area contributed by atoms with E-state index in [2.05, 4.69) is 36.6 Å². The van der Waals surface area contributed by atoms with Crippen LogP contribution in [0.15, 0.2) is 24.3 Å². The number of benzene rings is 1. The number of hydrazine groups is 1. The minimum absolute atomic E-state index is 0.466. The van der Waals surface area contributed by atoms with E-state index in [0.29, 0.717) is 12.0 Å². The van der Waals surface area contributed by atoms with E-state index in [4.69, 9.17) is 5.84 Å². The van der Waals surface area contributed by atoms with Gasteiger partial charge in [-0.2, -0.15) is 0 Å². The van der Waals surface area contributed by atoms with Crippen LogP contribution < -0.4 is 11.3 Å². The van der Waals surface area contributed by atoms with E-state index >= 15 is 0 Å². The van der Waals surface area contributed by atoms with E-state index in [1.165, 1.54) is 44.9 Å². The maximum Gasteiger partial charge on any atom is 0.0307 e. The van der Waals surface area contributed by atoms with E-state index in [0.717, 1.165) is 11.8 Å². The molecule has 0 saturated heterocycles. The summed E-state index contributed by atoms with van der Waals surface area (Å²) < 4.78 is 0. The Hall–Kier alpha value is -0.860. The van der Waals surface area contributed by atoms with Crippen LogP contribution in [0.3, 0.4) is 0 Å². The summed E-state index contributed by atoms with van der Waals surface area (Å²) in [5.74, 6) is 8.28. The largest absolute Gasteiger partial charge is 0.271 e. The summed E-state index contributed by atoms with van der Waals surface area (Å²) in [7, 11) is 0. The molecular weight excluding hydrogens is 244 g/mol. The first-order valence-corrected chi connectivity index (χ1v) is 8.37. The van der Waals surface area contributed by atoms with Gasteiger partial charge in [0, 0.05) is 12.0 Å². The number of hydrogen-bond acceptors (Lipinski definition) is 2. The second kappa shape index (κ2) is 6.28. The molecule has 20 heavy (non-hydrogen) atoms. The van der Waals surface area contributed by atoms with E-state index in [1.807, 2.05) is 0 Å². The van der Waals surface area contributed by atoms with Crippen molar-refractivity contribution in [2.45, 2.75) is 63.8 Å². The van der Waals surface area contributed by atoms with Crippen LogP contribution in [-0.4, -0.2) is 6.04 Å². The maximum atomic E-state index is 5.98. The summed E-state index contributed by atoms with van der Waals surface area (Å²) in [6.07, 6.45) is 9.34. The number of nitrogens with two attached hydrogens (primary N) is 1. The molecule has 1 aromatic rings. The Balaban J connectivity index is 1.77. The lowest BCUT2D eigenvalue weighted by Crippen LogP contribution is -2.46. The summed E-state index contributed by atoms with van der Waals surface area (Å²) in [6.45, 7) is 2.34. The van der Waals surface area contributed by atoms with Crippen molar-refractivity contribution in [1.29, 1.82) is 0 Å². The lowest BCUT2D eigenvalue weighted by molar-refractivity contribution is 0.190. The molecule has 3 N–H and O–H groups in total. The zero-order valence-electron chi connectivity index (χ0n) is 12.6. The van der Waals surface area contributed by atoms with Crippen molar-refractivity contribution in [3.8, 4) is 0 Å². The molecule has 0 radical (unpaired) electrons. The SMILES string of the molecule is CCC1CCCC(C(NN)C2CCc3ccccc32)C1. The lowest BCUT2D eigenvalue weighted by Gasteiger charge is -2.37. The fourth-order valence-corrected chi connectivity index (χ4v) is 4.57. The first-order valence-electron chi connectivity index (χ1n) is 8.37. The average Bonchev–Trinajstić information content (AvgIpc) is 2.93. The third kappa shape index (κ3) is 2.64. The molecule has 0 spiro atoms. The van der Waals surface area contributed by atoms with Crippen LogP contribution in [0.25, 0.3) is 0 Å². The standard InChI is InChI=1S/C18H28N2/c1-2-13-6-5-8-15(12-13)18(20-19)17-11-10-14-7-3-4-9-16(14)17/h3-4,7,9,13,15,17-18,20H,2,5-6,8,10-12,19H2,1H3. The van der Waals surface area contributed by atoms with E-state index in [1.54, 1.807) is 11.1 Å². The van der Waals surface area contributed by atoms with Crippen molar-refractivity contribution in [1.82, 2.24) is 5.43 Å². The van der Waals surface area contributed by atoms with Crippen molar-refractivity contribution in [3.05, 3.63) is 35.4 Å². The predicted molar refractivity (Wildman–Crippen MR) is 84.4 cm³/mol. The Morgan fingerprint density at radius 1 is 1.25 bits per heavy atom. The van der Waals surface area contributed by atoms with Gasteiger partial charge in [-0.1, -0.05) is 50.5 Å². The molecule has 0 aliphatic heterocycles. The quantitative estimate of drug-likeness (QED) is 0.647. The van der Waals surface area contributed by atoms with Gasteiger partial charge in [0.2, 0.25) is 0 Å². The fourth-order valence-electron chi connectivity index (χ4n) is 4.57. The van der Waals surface area contributed by atoms with Crippen molar-refractivity contribution < 1.29 is 0 Å². The van der Waals surface area contributed by atoms with Gasteiger partial charge in [0.05, 0.1) is 0 Å². The molecule has 0 aromatic heterocycles. The Bertz CT molecular complexity index is 443. The molecule has 2 nitrogen and oxygen atoms in total. The summed E-state index contributed by atoms with van der Waals surface area (Å²) in [5.41, 5.74) is 6.29. The van der Waals surface area contributed by atoms with Gasteiger partial charge in [0.15, 0.2) is 0 Å². The molecule has 0 heterocycles. The summed E-state index contributed by atoms with van der Waals surface area (Å²) in [4.78, 5) is 0. The normalized spacial score (nSPS) is 31.0. The van der Waals surface area contributed by atoms with Crippen LogP contribution in [0.5, 0.6) is 0 Å². The number of aryl methyl sites for hydroxylation is 1. The number of hydrogen-bond donors (Lipinski definition) is 2. The van der Waals surface area contributed by atoms with Gasteiger partial charge in [-0.05, 0) is 48.6 Å². The van der Waals surface area contributed by atoms with Crippen molar-refractivity contribution in [2.24, 2.45) is 17.7 Å². The average molecular weight is 272 g/mol.